The lowest BCUT2D eigenvalue weighted by molar-refractivity contribution is 0.291. The molecule has 0 aromatic carbocycles. The number of hydrogen-bond acceptors (Lipinski definition) is 3. The van der Waals surface area contributed by atoms with Gasteiger partial charge in [0.1, 0.15) is 0 Å². The van der Waals surface area contributed by atoms with Gasteiger partial charge in [0.05, 0.1) is 18.0 Å². The van der Waals surface area contributed by atoms with Gasteiger partial charge in [-0.1, -0.05) is 27.7 Å². The van der Waals surface area contributed by atoms with Gasteiger partial charge in [0.15, 0.2) is 11.4 Å². The van der Waals surface area contributed by atoms with E-state index in [1.54, 1.807) is 0 Å². The van der Waals surface area contributed by atoms with Gasteiger partial charge in [-0.3, -0.25) is 4.40 Å². The zero-order chi connectivity index (χ0) is 14.7. The first-order valence-corrected chi connectivity index (χ1v) is 7.37. The lowest BCUT2D eigenvalue weighted by atomic mass is 10.1. The quantitative estimate of drug-likeness (QED) is 0.879. The van der Waals surface area contributed by atoms with Crippen LogP contribution < -0.4 is 10.5 Å². The van der Waals surface area contributed by atoms with Crippen LogP contribution in [0.3, 0.4) is 0 Å². The third-order valence-electron chi connectivity index (χ3n) is 3.44. The van der Waals surface area contributed by atoms with E-state index in [9.17, 15) is 0 Å². The van der Waals surface area contributed by atoms with Gasteiger partial charge in [-0.2, -0.15) is 0 Å². The molecular weight excluding hydrogens is 250 g/mol. The highest BCUT2D eigenvalue weighted by Crippen LogP contribution is 2.26. The van der Waals surface area contributed by atoms with Gasteiger partial charge in [0.25, 0.3) is 0 Å². The Morgan fingerprint density at radius 2 is 2.05 bits per heavy atom. The summed E-state index contributed by atoms with van der Waals surface area (Å²) in [4.78, 5) is 4.74. The molecule has 2 aromatic heterocycles. The van der Waals surface area contributed by atoms with Gasteiger partial charge in [-0.05, 0) is 30.4 Å². The third-order valence-corrected chi connectivity index (χ3v) is 3.44. The molecule has 0 aliphatic carbocycles. The van der Waals surface area contributed by atoms with Crippen molar-refractivity contribution < 1.29 is 4.74 Å². The maximum absolute atomic E-state index is 5.90. The summed E-state index contributed by atoms with van der Waals surface area (Å²) < 4.78 is 7.95. The summed E-state index contributed by atoms with van der Waals surface area (Å²) in [6.45, 7) is 9.88. The lowest BCUT2D eigenvalue weighted by Gasteiger charge is -2.09. The second-order valence-corrected chi connectivity index (χ2v) is 5.90. The molecule has 0 aliphatic rings. The molecule has 2 rings (SSSR count). The summed E-state index contributed by atoms with van der Waals surface area (Å²) in [7, 11) is 0. The molecule has 0 amide bonds. The number of aromatic nitrogens is 2. The molecule has 0 unspecified atom stereocenters. The van der Waals surface area contributed by atoms with E-state index in [-0.39, 0.29) is 0 Å². The molecule has 0 aliphatic heterocycles. The first-order valence-electron chi connectivity index (χ1n) is 7.37. The average Bonchev–Trinajstić information content (AvgIpc) is 2.77. The van der Waals surface area contributed by atoms with E-state index in [4.69, 9.17) is 15.5 Å². The zero-order valence-corrected chi connectivity index (χ0v) is 12.9. The molecule has 0 saturated heterocycles. The fourth-order valence-corrected chi connectivity index (χ4v) is 2.29. The molecule has 2 aromatic rings. The van der Waals surface area contributed by atoms with Crippen LogP contribution in [0.1, 0.15) is 51.4 Å². The predicted octanol–water partition coefficient (Wildman–Crippen LogP) is 3.34. The SMILES string of the molecule is CC(C)CCOc1cccn2c(CN)c(C(C)C)nc12. The summed E-state index contributed by atoms with van der Waals surface area (Å²) >= 11 is 0. The normalized spacial score (nSPS) is 11.8. The van der Waals surface area contributed by atoms with Gasteiger partial charge >= 0.3 is 0 Å². The number of rotatable bonds is 6. The van der Waals surface area contributed by atoms with Crippen LogP contribution in [-0.2, 0) is 6.54 Å². The molecule has 110 valence electrons. The molecule has 2 heterocycles. The minimum absolute atomic E-state index is 0.358. The highest BCUT2D eigenvalue weighted by Gasteiger charge is 2.16. The van der Waals surface area contributed by atoms with Crippen molar-refractivity contribution in [3.05, 3.63) is 29.7 Å². The first-order chi connectivity index (χ1) is 9.54. The third kappa shape index (κ3) is 2.96. The molecule has 0 bridgehead atoms. The molecule has 4 heteroatoms. The standard InChI is InChI=1S/C16H25N3O/c1-11(2)7-9-20-14-6-5-8-19-13(10-17)15(12(3)4)18-16(14)19/h5-6,8,11-12H,7,9-10,17H2,1-4H3. The Bertz CT molecular complexity index is 572. The van der Waals surface area contributed by atoms with Crippen molar-refractivity contribution >= 4 is 5.65 Å². The molecule has 0 atom stereocenters. The summed E-state index contributed by atoms with van der Waals surface area (Å²) in [6.07, 6.45) is 3.05. The monoisotopic (exact) mass is 275 g/mol. The van der Waals surface area contributed by atoms with Gasteiger partial charge in [-0.25, -0.2) is 4.98 Å². The van der Waals surface area contributed by atoms with Crippen LogP contribution in [0.15, 0.2) is 18.3 Å². The first kappa shape index (κ1) is 14.9. The van der Waals surface area contributed by atoms with Gasteiger partial charge in [0.2, 0.25) is 0 Å². The van der Waals surface area contributed by atoms with Crippen LogP contribution in [0.5, 0.6) is 5.75 Å². The van der Waals surface area contributed by atoms with Crippen LogP contribution in [0.2, 0.25) is 0 Å². The van der Waals surface area contributed by atoms with Crippen LogP contribution >= 0.6 is 0 Å². The van der Waals surface area contributed by atoms with Gasteiger partial charge in [-0.15, -0.1) is 0 Å². The van der Waals surface area contributed by atoms with Crippen molar-refractivity contribution in [2.75, 3.05) is 6.61 Å². The Kier molecular flexibility index (Phi) is 4.65. The summed E-state index contributed by atoms with van der Waals surface area (Å²) in [5.41, 5.74) is 8.90. The van der Waals surface area contributed by atoms with E-state index < -0.39 is 0 Å². The smallest absolute Gasteiger partial charge is 0.180 e. The number of pyridine rings is 1. The Morgan fingerprint density at radius 1 is 1.30 bits per heavy atom. The van der Waals surface area contributed by atoms with E-state index in [2.05, 4.69) is 32.1 Å². The highest BCUT2D eigenvalue weighted by atomic mass is 16.5. The summed E-state index contributed by atoms with van der Waals surface area (Å²) in [6, 6.07) is 3.97. The maximum atomic E-state index is 5.90. The van der Waals surface area contributed by atoms with Crippen molar-refractivity contribution in [3.63, 3.8) is 0 Å². The van der Waals surface area contributed by atoms with E-state index in [1.165, 1.54) is 0 Å². The molecule has 4 nitrogen and oxygen atoms in total. The molecule has 0 saturated carbocycles. The fourth-order valence-electron chi connectivity index (χ4n) is 2.29. The topological polar surface area (TPSA) is 52.5 Å². The fraction of sp³-hybridized carbons (Fsp3) is 0.562. The zero-order valence-electron chi connectivity index (χ0n) is 12.9. The van der Waals surface area contributed by atoms with Crippen molar-refractivity contribution in [2.45, 2.75) is 46.6 Å². The summed E-state index contributed by atoms with van der Waals surface area (Å²) in [5.74, 6) is 1.84. The number of nitrogens with zero attached hydrogens (tertiary/aromatic N) is 2. The van der Waals surface area contributed by atoms with E-state index >= 15 is 0 Å². The molecule has 20 heavy (non-hydrogen) atoms. The Labute approximate surface area is 121 Å². The number of fused-ring (bicyclic) bond motifs is 1. The number of hydrogen-bond donors (Lipinski definition) is 1. The van der Waals surface area contributed by atoms with Gasteiger partial charge in [0, 0.05) is 12.7 Å². The maximum Gasteiger partial charge on any atom is 0.180 e. The Balaban J connectivity index is 2.36. The molecule has 2 N–H and O–H groups in total. The van der Waals surface area contributed by atoms with Crippen LogP contribution in [0.25, 0.3) is 5.65 Å². The molecule has 0 radical (unpaired) electrons. The number of nitrogens with two attached hydrogens (primary N) is 1. The lowest BCUT2D eigenvalue weighted by Crippen LogP contribution is -2.05. The van der Waals surface area contributed by atoms with Crippen molar-refractivity contribution in [3.8, 4) is 5.75 Å². The number of imidazole rings is 1. The minimum atomic E-state index is 0.358. The summed E-state index contributed by atoms with van der Waals surface area (Å²) in [5, 5.41) is 0. The molecular formula is C16H25N3O. The van der Waals surface area contributed by atoms with Gasteiger partial charge < -0.3 is 10.5 Å². The molecule has 0 fully saturated rings. The average molecular weight is 275 g/mol. The largest absolute Gasteiger partial charge is 0.490 e. The predicted molar refractivity (Wildman–Crippen MR) is 82.1 cm³/mol. The minimum Gasteiger partial charge on any atom is -0.490 e. The second-order valence-electron chi connectivity index (χ2n) is 5.90. The molecule has 0 spiro atoms. The van der Waals surface area contributed by atoms with E-state index in [0.717, 1.165) is 35.8 Å². The highest BCUT2D eigenvalue weighted by molar-refractivity contribution is 5.56. The van der Waals surface area contributed by atoms with E-state index in [1.807, 2.05) is 18.3 Å². The van der Waals surface area contributed by atoms with Crippen molar-refractivity contribution in [1.82, 2.24) is 9.38 Å². The Hall–Kier alpha value is -1.55. The Morgan fingerprint density at radius 3 is 2.65 bits per heavy atom. The van der Waals surface area contributed by atoms with Crippen molar-refractivity contribution in [2.24, 2.45) is 11.7 Å². The van der Waals surface area contributed by atoms with Crippen LogP contribution in [0.4, 0.5) is 0 Å². The second kappa shape index (κ2) is 6.27. The van der Waals surface area contributed by atoms with E-state index in [0.29, 0.717) is 18.4 Å². The number of ether oxygens (including phenoxy) is 1. The van der Waals surface area contributed by atoms with Crippen molar-refractivity contribution in [1.29, 1.82) is 0 Å². The van der Waals surface area contributed by atoms with Crippen LogP contribution in [0, 0.1) is 5.92 Å². The van der Waals surface area contributed by atoms with Crippen LogP contribution in [-0.4, -0.2) is 16.0 Å².